The predicted molar refractivity (Wildman–Crippen MR) is 81.2 cm³/mol. The van der Waals surface area contributed by atoms with Gasteiger partial charge >= 0.3 is 12.0 Å². The number of nitrogens with one attached hydrogen (secondary N) is 2. The lowest BCUT2D eigenvalue weighted by molar-refractivity contribution is -0.136. The van der Waals surface area contributed by atoms with Crippen LogP contribution in [0.5, 0.6) is 0 Å². The Morgan fingerprint density at radius 3 is 2.55 bits per heavy atom. The molecule has 106 valence electrons. The summed E-state index contributed by atoms with van der Waals surface area (Å²) < 4.78 is 10.8. The number of halogens is 1. The highest BCUT2D eigenvalue weighted by Gasteiger charge is 2.23. The predicted octanol–water partition coefficient (Wildman–Crippen LogP) is 1.87. The van der Waals surface area contributed by atoms with Gasteiger partial charge in [0.15, 0.2) is 0 Å². The van der Waals surface area contributed by atoms with Gasteiger partial charge in [0.2, 0.25) is 0 Å². The van der Waals surface area contributed by atoms with E-state index in [-0.39, 0.29) is 13.2 Å². The number of ether oxygens (including phenoxy) is 2. The van der Waals surface area contributed by atoms with Crippen molar-refractivity contribution in [2.45, 2.75) is 0 Å². The molecule has 0 aromatic heterocycles. The summed E-state index contributed by atoms with van der Waals surface area (Å²) in [6.07, 6.45) is 0. The van der Waals surface area contributed by atoms with Crippen LogP contribution in [0, 0.1) is 3.57 Å². The van der Waals surface area contributed by atoms with Crippen LogP contribution in [0.4, 0.5) is 10.5 Å². The zero-order valence-electron chi connectivity index (χ0n) is 10.7. The molecule has 2 N–H and O–H groups in total. The van der Waals surface area contributed by atoms with Gasteiger partial charge in [-0.25, -0.2) is 9.59 Å². The van der Waals surface area contributed by atoms with E-state index in [2.05, 4.69) is 38.0 Å². The summed E-state index contributed by atoms with van der Waals surface area (Å²) in [4.78, 5) is 23.3. The molecule has 2 amide bonds. The second kappa shape index (κ2) is 6.71. The monoisotopic (exact) mass is 388 g/mol. The maximum atomic E-state index is 11.8. The van der Waals surface area contributed by atoms with Crippen molar-refractivity contribution < 1.29 is 19.1 Å². The molecular formula is C13H13IN2O4. The summed E-state index contributed by atoms with van der Waals surface area (Å²) in [6, 6.07) is 6.93. The van der Waals surface area contributed by atoms with Gasteiger partial charge in [-0.3, -0.25) is 0 Å². The molecule has 0 atom stereocenters. The van der Waals surface area contributed by atoms with E-state index in [0.29, 0.717) is 17.0 Å². The SMILES string of the molecule is COC(=O)C1=C(NC(=O)Nc2ccc(I)cc2)COC1. The third-order valence-corrected chi connectivity index (χ3v) is 3.37. The number of carbonyl (C=O) groups excluding carboxylic acids is 2. The Hall–Kier alpha value is -1.61. The maximum Gasteiger partial charge on any atom is 0.337 e. The fourth-order valence-corrected chi connectivity index (χ4v) is 2.04. The first-order valence-corrected chi connectivity index (χ1v) is 6.89. The van der Waals surface area contributed by atoms with Crippen molar-refractivity contribution >= 4 is 40.3 Å². The van der Waals surface area contributed by atoms with Crippen molar-refractivity contribution in [1.29, 1.82) is 0 Å². The van der Waals surface area contributed by atoms with Gasteiger partial charge in [0.05, 0.1) is 31.6 Å². The molecule has 7 heteroatoms. The molecule has 2 rings (SSSR count). The summed E-state index contributed by atoms with van der Waals surface area (Å²) in [6.45, 7) is 0.330. The molecule has 6 nitrogen and oxygen atoms in total. The first-order valence-electron chi connectivity index (χ1n) is 5.82. The van der Waals surface area contributed by atoms with Crippen LogP contribution in [0.2, 0.25) is 0 Å². The molecule has 0 aliphatic carbocycles. The molecule has 1 aliphatic heterocycles. The molecular weight excluding hydrogens is 375 g/mol. The van der Waals surface area contributed by atoms with E-state index < -0.39 is 12.0 Å². The largest absolute Gasteiger partial charge is 0.466 e. The van der Waals surface area contributed by atoms with Crippen LogP contribution in [0.1, 0.15) is 0 Å². The van der Waals surface area contributed by atoms with Gasteiger partial charge in [0.25, 0.3) is 0 Å². The fourth-order valence-electron chi connectivity index (χ4n) is 1.68. The molecule has 1 aromatic rings. The van der Waals surface area contributed by atoms with Crippen molar-refractivity contribution in [3.05, 3.63) is 39.1 Å². The quantitative estimate of drug-likeness (QED) is 0.613. The lowest BCUT2D eigenvalue weighted by atomic mass is 10.2. The number of carbonyl (C=O) groups is 2. The molecule has 0 spiro atoms. The van der Waals surface area contributed by atoms with E-state index >= 15 is 0 Å². The third-order valence-electron chi connectivity index (χ3n) is 2.66. The van der Waals surface area contributed by atoms with Gasteiger partial charge in [0.1, 0.15) is 0 Å². The standard InChI is InChI=1S/C13H13IN2O4/c1-19-12(17)10-6-20-7-11(10)16-13(18)15-9-4-2-8(14)3-5-9/h2-5H,6-7H2,1H3,(H2,15,16,18). The van der Waals surface area contributed by atoms with Gasteiger partial charge in [-0.2, -0.15) is 0 Å². The van der Waals surface area contributed by atoms with Crippen molar-refractivity contribution in [2.75, 3.05) is 25.6 Å². The van der Waals surface area contributed by atoms with Crippen LogP contribution in [-0.2, 0) is 14.3 Å². The van der Waals surface area contributed by atoms with Crippen LogP contribution in [0.3, 0.4) is 0 Å². The Labute approximate surface area is 129 Å². The number of hydrogen-bond donors (Lipinski definition) is 2. The number of methoxy groups -OCH3 is 1. The first kappa shape index (κ1) is 14.8. The Kier molecular flexibility index (Phi) is 4.96. The van der Waals surface area contributed by atoms with E-state index in [9.17, 15) is 9.59 Å². The average Bonchev–Trinajstić information content (AvgIpc) is 2.88. The molecule has 0 radical (unpaired) electrons. The Balaban J connectivity index is 2.00. The Morgan fingerprint density at radius 1 is 1.20 bits per heavy atom. The second-order valence-electron chi connectivity index (χ2n) is 4.03. The minimum Gasteiger partial charge on any atom is -0.466 e. The van der Waals surface area contributed by atoms with Gasteiger partial charge in [-0.1, -0.05) is 0 Å². The lowest BCUT2D eigenvalue weighted by Gasteiger charge is -2.09. The van der Waals surface area contributed by atoms with Crippen molar-refractivity contribution in [3.8, 4) is 0 Å². The molecule has 0 fully saturated rings. The number of urea groups is 1. The zero-order chi connectivity index (χ0) is 14.5. The third kappa shape index (κ3) is 3.70. The lowest BCUT2D eigenvalue weighted by Crippen LogP contribution is -2.30. The minimum absolute atomic E-state index is 0.145. The average molecular weight is 388 g/mol. The van der Waals surface area contributed by atoms with Crippen LogP contribution >= 0.6 is 22.6 Å². The van der Waals surface area contributed by atoms with E-state index in [1.54, 1.807) is 12.1 Å². The highest BCUT2D eigenvalue weighted by Crippen LogP contribution is 2.14. The normalized spacial score (nSPS) is 14.1. The van der Waals surface area contributed by atoms with Crippen molar-refractivity contribution in [3.63, 3.8) is 0 Å². The summed E-state index contributed by atoms with van der Waals surface area (Å²) in [5, 5.41) is 5.29. The number of anilines is 1. The Bertz CT molecular complexity index is 554. The van der Waals surface area contributed by atoms with E-state index in [1.165, 1.54) is 7.11 Å². The van der Waals surface area contributed by atoms with Gasteiger partial charge in [0, 0.05) is 9.26 Å². The van der Waals surface area contributed by atoms with Gasteiger partial charge in [-0.05, 0) is 46.9 Å². The second-order valence-corrected chi connectivity index (χ2v) is 5.27. The molecule has 1 aromatic carbocycles. The summed E-state index contributed by atoms with van der Waals surface area (Å²) >= 11 is 2.18. The van der Waals surface area contributed by atoms with Crippen LogP contribution in [-0.4, -0.2) is 32.3 Å². The molecule has 0 bridgehead atoms. The van der Waals surface area contributed by atoms with Gasteiger partial charge < -0.3 is 20.1 Å². The Morgan fingerprint density at radius 2 is 1.90 bits per heavy atom. The van der Waals surface area contributed by atoms with E-state index in [4.69, 9.17) is 4.74 Å². The molecule has 20 heavy (non-hydrogen) atoms. The van der Waals surface area contributed by atoms with Crippen molar-refractivity contribution in [1.82, 2.24) is 5.32 Å². The van der Waals surface area contributed by atoms with Crippen LogP contribution < -0.4 is 10.6 Å². The summed E-state index contributed by atoms with van der Waals surface area (Å²) in [7, 11) is 1.29. The fraction of sp³-hybridized carbons (Fsp3) is 0.231. The number of benzene rings is 1. The topological polar surface area (TPSA) is 76.7 Å². The number of esters is 1. The van der Waals surface area contributed by atoms with Crippen LogP contribution in [0.25, 0.3) is 0 Å². The summed E-state index contributed by atoms with van der Waals surface area (Å²) in [5.74, 6) is -0.493. The highest BCUT2D eigenvalue weighted by atomic mass is 127. The smallest absolute Gasteiger partial charge is 0.337 e. The first-order chi connectivity index (χ1) is 9.60. The molecule has 1 heterocycles. The van der Waals surface area contributed by atoms with Gasteiger partial charge in [-0.15, -0.1) is 0 Å². The molecule has 0 saturated carbocycles. The van der Waals surface area contributed by atoms with E-state index in [0.717, 1.165) is 3.57 Å². The number of hydrogen-bond acceptors (Lipinski definition) is 4. The maximum absolute atomic E-state index is 11.8. The zero-order valence-corrected chi connectivity index (χ0v) is 12.9. The minimum atomic E-state index is -0.493. The number of amides is 2. The van der Waals surface area contributed by atoms with E-state index in [1.807, 2.05) is 12.1 Å². The summed E-state index contributed by atoms with van der Waals surface area (Å²) in [5.41, 5.74) is 1.44. The molecule has 0 saturated heterocycles. The number of rotatable bonds is 3. The molecule has 1 aliphatic rings. The van der Waals surface area contributed by atoms with Crippen LogP contribution in [0.15, 0.2) is 35.5 Å². The molecule has 0 unspecified atom stereocenters. The van der Waals surface area contributed by atoms with Crippen molar-refractivity contribution in [2.24, 2.45) is 0 Å². The highest BCUT2D eigenvalue weighted by molar-refractivity contribution is 14.1.